The Kier molecular flexibility index (Phi) is 4.42. The van der Waals surface area contributed by atoms with Gasteiger partial charge in [0, 0.05) is 22.7 Å². The molecular weight excluding hydrogens is 302 g/mol. The number of hydrogen-bond acceptors (Lipinski definition) is 4. The first-order valence-electron chi connectivity index (χ1n) is 7.85. The smallest absolute Gasteiger partial charge is 0.248 e. The standard InChI is InChI=1S/C19H19N3O2/c1-12(2)17(23)20-16-9-7-14(8-10-16)18-21-22-19(24-18)15-6-4-5-13(3)11-15/h4-12H,1-3H3,(H,20,23). The number of hydrogen-bond donors (Lipinski definition) is 1. The van der Waals surface area contributed by atoms with Gasteiger partial charge in [-0.25, -0.2) is 0 Å². The van der Waals surface area contributed by atoms with Crippen LogP contribution in [0.4, 0.5) is 5.69 Å². The van der Waals surface area contributed by atoms with Gasteiger partial charge in [0.25, 0.3) is 0 Å². The lowest BCUT2D eigenvalue weighted by molar-refractivity contribution is -0.118. The summed E-state index contributed by atoms with van der Waals surface area (Å²) in [6, 6.07) is 15.3. The first-order valence-corrected chi connectivity index (χ1v) is 7.85. The van der Waals surface area contributed by atoms with Crippen LogP contribution in [-0.4, -0.2) is 16.1 Å². The van der Waals surface area contributed by atoms with Gasteiger partial charge < -0.3 is 9.73 Å². The van der Waals surface area contributed by atoms with E-state index in [4.69, 9.17) is 4.42 Å². The Balaban J connectivity index is 1.79. The average molecular weight is 321 g/mol. The maximum atomic E-state index is 11.7. The number of aromatic nitrogens is 2. The van der Waals surface area contributed by atoms with Crippen molar-refractivity contribution in [3.63, 3.8) is 0 Å². The van der Waals surface area contributed by atoms with E-state index in [-0.39, 0.29) is 11.8 Å². The number of amides is 1. The molecule has 0 saturated carbocycles. The first-order chi connectivity index (χ1) is 11.5. The first kappa shape index (κ1) is 15.9. The number of anilines is 1. The number of carbonyl (C=O) groups is 1. The van der Waals surface area contributed by atoms with Crippen molar-refractivity contribution < 1.29 is 9.21 Å². The van der Waals surface area contributed by atoms with Gasteiger partial charge in [-0.2, -0.15) is 0 Å². The minimum atomic E-state index is -0.0579. The van der Waals surface area contributed by atoms with Crippen LogP contribution in [0.25, 0.3) is 22.9 Å². The van der Waals surface area contributed by atoms with Crippen LogP contribution in [-0.2, 0) is 4.79 Å². The lowest BCUT2D eigenvalue weighted by Crippen LogP contribution is -2.17. The highest BCUT2D eigenvalue weighted by Gasteiger charge is 2.11. The lowest BCUT2D eigenvalue weighted by atomic mass is 10.1. The molecule has 0 bridgehead atoms. The molecule has 1 aromatic heterocycles. The van der Waals surface area contributed by atoms with Gasteiger partial charge in [-0.3, -0.25) is 4.79 Å². The molecule has 1 N–H and O–H groups in total. The van der Waals surface area contributed by atoms with E-state index >= 15 is 0 Å². The molecule has 5 heteroatoms. The van der Waals surface area contributed by atoms with Crippen LogP contribution in [0.3, 0.4) is 0 Å². The summed E-state index contributed by atoms with van der Waals surface area (Å²) in [5, 5.41) is 11.1. The summed E-state index contributed by atoms with van der Waals surface area (Å²) in [6.07, 6.45) is 0. The highest BCUT2D eigenvalue weighted by atomic mass is 16.4. The summed E-state index contributed by atoms with van der Waals surface area (Å²) in [5.41, 5.74) is 3.59. The predicted octanol–water partition coefficient (Wildman–Crippen LogP) is 4.31. The molecule has 1 heterocycles. The zero-order chi connectivity index (χ0) is 17.1. The fourth-order valence-corrected chi connectivity index (χ4v) is 2.22. The van der Waals surface area contributed by atoms with Gasteiger partial charge in [-0.05, 0) is 43.3 Å². The molecule has 122 valence electrons. The maximum absolute atomic E-state index is 11.7. The average Bonchev–Trinajstić information content (AvgIpc) is 3.05. The fourth-order valence-electron chi connectivity index (χ4n) is 2.22. The molecule has 0 atom stereocenters. The highest BCUT2D eigenvalue weighted by Crippen LogP contribution is 2.25. The molecule has 0 spiro atoms. The molecule has 0 aliphatic rings. The second-order valence-corrected chi connectivity index (χ2v) is 6.00. The van der Waals surface area contributed by atoms with E-state index in [0.717, 1.165) is 22.4 Å². The molecular formula is C19H19N3O2. The fraction of sp³-hybridized carbons (Fsp3) is 0.211. The van der Waals surface area contributed by atoms with Crippen LogP contribution in [0, 0.1) is 12.8 Å². The van der Waals surface area contributed by atoms with Crippen molar-refractivity contribution in [2.45, 2.75) is 20.8 Å². The number of nitrogens with one attached hydrogen (secondary N) is 1. The molecule has 3 rings (SSSR count). The van der Waals surface area contributed by atoms with Crippen molar-refractivity contribution in [3.05, 3.63) is 54.1 Å². The van der Waals surface area contributed by atoms with Crippen molar-refractivity contribution in [1.29, 1.82) is 0 Å². The topological polar surface area (TPSA) is 68.0 Å². The number of benzene rings is 2. The Bertz CT molecular complexity index is 851. The molecule has 5 nitrogen and oxygen atoms in total. The number of carbonyl (C=O) groups excluding carboxylic acids is 1. The summed E-state index contributed by atoms with van der Waals surface area (Å²) < 4.78 is 5.76. The largest absolute Gasteiger partial charge is 0.416 e. The summed E-state index contributed by atoms with van der Waals surface area (Å²) in [5.74, 6) is 0.874. The molecule has 0 aliphatic carbocycles. The van der Waals surface area contributed by atoms with Crippen molar-refractivity contribution in [1.82, 2.24) is 10.2 Å². The van der Waals surface area contributed by atoms with Gasteiger partial charge in [0.2, 0.25) is 17.7 Å². The van der Waals surface area contributed by atoms with Gasteiger partial charge >= 0.3 is 0 Å². The van der Waals surface area contributed by atoms with Gasteiger partial charge in [0.15, 0.2) is 0 Å². The lowest BCUT2D eigenvalue weighted by Gasteiger charge is -2.07. The molecule has 0 fully saturated rings. The van der Waals surface area contributed by atoms with E-state index in [9.17, 15) is 4.79 Å². The minimum Gasteiger partial charge on any atom is -0.416 e. The highest BCUT2D eigenvalue weighted by molar-refractivity contribution is 5.92. The summed E-state index contributed by atoms with van der Waals surface area (Å²) in [7, 11) is 0. The second-order valence-electron chi connectivity index (χ2n) is 6.00. The molecule has 0 unspecified atom stereocenters. The zero-order valence-electron chi connectivity index (χ0n) is 13.9. The zero-order valence-corrected chi connectivity index (χ0v) is 13.9. The third-order valence-corrected chi connectivity index (χ3v) is 3.61. The van der Waals surface area contributed by atoms with Crippen LogP contribution in [0.5, 0.6) is 0 Å². The molecule has 2 aromatic carbocycles. The van der Waals surface area contributed by atoms with Crippen LogP contribution >= 0.6 is 0 Å². The Labute approximate surface area is 140 Å². The predicted molar refractivity (Wildman–Crippen MR) is 93.4 cm³/mol. The third-order valence-electron chi connectivity index (χ3n) is 3.61. The molecule has 1 amide bonds. The molecule has 3 aromatic rings. The van der Waals surface area contributed by atoms with E-state index in [1.54, 1.807) is 0 Å². The van der Waals surface area contributed by atoms with Gasteiger partial charge in [-0.15, -0.1) is 10.2 Å². The Morgan fingerprint density at radius 1 is 1.00 bits per heavy atom. The number of aryl methyl sites for hydroxylation is 1. The summed E-state index contributed by atoms with van der Waals surface area (Å²) in [6.45, 7) is 5.73. The van der Waals surface area contributed by atoms with Crippen LogP contribution in [0.15, 0.2) is 52.9 Å². The maximum Gasteiger partial charge on any atom is 0.248 e. The molecule has 0 radical (unpaired) electrons. The van der Waals surface area contributed by atoms with Crippen molar-refractivity contribution in [3.8, 4) is 22.9 Å². The molecule has 24 heavy (non-hydrogen) atoms. The molecule has 0 saturated heterocycles. The van der Waals surface area contributed by atoms with E-state index < -0.39 is 0 Å². The van der Waals surface area contributed by atoms with E-state index in [1.165, 1.54) is 0 Å². The van der Waals surface area contributed by atoms with Crippen LogP contribution in [0.2, 0.25) is 0 Å². The van der Waals surface area contributed by atoms with Crippen molar-refractivity contribution in [2.24, 2.45) is 5.92 Å². The normalized spacial score (nSPS) is 10.8. The number of nitrogens with zero attached hydrogens (tertiary/aromatic N) is 2. The molecule has 0 aliphatic heterocycles. The van der Waals surface area contributed by atoms with Crippen LogP contribution < -0.4 is 5.32 Å². The SMILES string of the molecule is Cc1cccc(-c2nnc(-c3ccc(NC(=O)C(C)C)cc3)o2)c1. The van der Waals surface area contributed by atoms with E-state index in [1.807, 2.05) is 69.3 Å². The Morgan fingerprint density at radius 2 is 1.67 bits per heavy atom. The van der Waals surface area contributed by atoms with Crippen molar-refractivity contribution in [2.75, 3.05) is 5.32 Å². The minimum absolute atomic E-state index is 0.0118. The van der Waals surface area contributed by atoms with Gasteiger partial charge in [0.1, 0.15) is 0 Å². The van der Waals surface area contributed by atoms with Gasteiger partial charge in [0.05, 0.1) is 0 Å². The van der Waals surface area contributed by atoms with E-state index in [0.29, 0.717) is 11.8 Å². The summed E-state index contributed by atoms with van der Waals surface area (Å²) >= 11 is 0. The third kappa shape index (κ3) is 3.51. The second kappa shape index (κ2) is 6.66. The van der Waals surface area contributed by atoms with E-state index in [2.05, 4.69) is 15.5 Å². The Hall–Kier alpha value is -2.95. The van der Waals surface area contributed by atoms with Crippen LogP contribution in [0.1, 0.15) is 19.4 Å². The number of rotatable bonds is 4. The quantitative estimate of drug-likeness (QED) is 0.777. The summed E-state index contributed by atoms with van der Waals surface area (Å²) in [4.78, 5) is 11.7. The monoisotopic (exact) mass is 321 g/mol. The Morgan fingerprint density at radius 3 is 2.29 bits per heavy atom. The van der Waals surface area contributed by atoms with Crippen molar-refractivity contribution >= 4 is 11.6 Å². The van der Waals surface area contributed by atoms with Gasteiger partial charge in [-0.1, -0.05) is 31.5 Å².